The molecule has 0 spiro atoms. The zero-order chi connectivity index (χ0) is 17.2. The highest BCUT2D eigenvalue weighted by Crippen LogP contribution is 2.32. The van der Waals surface area contributed by atoms with E-state index in [9.17, 15) is 9.59 Å². The minimum absolute atomic E-state index is 0.0154. The Labute approximate surface area is 135 Å². The van der Waals surface area contributed by atoms with Crippen LogP contribution in [0.2, 0.25) is 0 Å². The van der Waals surface area contributed by atoms with Crippen molar-refractivity contribution in [2.45, 2.75) is 26.2 Å². The largest absolute Gasteiger partial charge is 0.495 e. The van der Waals surface area contributed by atoms with Crippen molar-refractivity contribution >= 4 is 17.5 Å². The number of rotatable bonds is 5. The van der Waals surface area contributed by atoms with E-state index in [0.717, 1.165) is 10.5 Å². The first-order valence-electron chi connectivity index (χ1n) is 7.42. The zero-order valence-corrected chi connectivity index (χ0v) is 13.8. The van der Waals surface area contributed by atoms with Gasteiger partial charge in [0.15, 0.2) is 0 Å². The summed E-state index contributed by atoms with van der Waals surface area (Å²) in [6.45, 7) is 5.99. The molecule has 2 N–H and O–H groups in total. The van der Waals surface area contributed by atoms with Gasteiger partial charge < -0.3 is 15.2 Å². The van der Waals surface area contributed by atoms with E-state index >= 15 is 0 Å². The number of β-amino-alcohol motifs (C(OH)–C–C–N with tert-alkyl or cyclic N) is 1. The Hall–Kier alpha value is -2.34. The number of aliphatic hydroxyl groups is 1. The molecule has 0 atom stereocenters. The predicted octanol–water partition coefficient (Wildman–Crippen LogP) is 1.65. The highest BCUT2D eigenvalue weighted by molar-refractivity contribution is 6.17. The summed E-state index contributed by atoms with van der Waals surface area (Å²) in [4.78, 5) is 25.0. The van der Waals surface area contributed by atoms with E-state index < -0.39 is 11.8 Å². The molecule has 1 aliphatic rings. The van der Waals surface area contributed by atoms with E-state index in [4.69, 9.17) is 9.84 Å². The first kappa shape index (κ1) is 17.0. The lowest BCUT2D eigenvalue weighted by molar-refractivity contribution is -0.137. The smallest absolute Gasteiger partial charge is 0.277 e. The Bertz CT molecular complexity index is 659. The molecule has 1 aromatic carbocycles. The van der Waals surface area contributed by atoms with Gasteiger partial charge in [-0.15, -0.1) is 0 Å². The molecule has 1 aromatic rings. The van der Waals surface area contributed by atoms with Crippen molar-refractivity contribution < 1.29 is 19.4 Å². The molecule has 6 nitrogen and oxygen atoms in total. The molecule has 0 unspecified atom stereocenters. The van der Waals surface area contributed by atoms with Crippen LogP contribution < -0.4 is 10.1 Å². The number of ether oxygens (including phenoxy) is 1. The maximum absolute atomic E-state index is 12.2. The lowest BCUT2D eigenvalue weighted by atomic mass is 9.87. The summed E-state index contributed by atoms with van der Waals surface area (Å²) in [5.74, 6) is -0.301. The number of methoxy groups -OCH3 is 1. The average Bonchev–Trinajstić information content (AvgIpc) is 2.74. The summed E-state index contributed by atoms with van der Waals surface area (Å²) in [6, 6.07) is 5.71. The molecular formula is C17H22N2O4. The summed E-state index contributed by atoms with van der Waals surface area (Å²) in [5.41, 5.74) is 1.81. The number of anilines is 1. The average molecular weight is 318 g/mol. The molecule has 2 amide bonds. The van der Waals surface area contributed by atoms with Crippen molar-refractivity contribution in [1.82, 2.24) is 4.90 Å². The Morgan fingerprint density at radius 1 is 1.26 bits per heavy atom. The molecule has 1 heterocycles. The van der Waals surface area contributed by atoms with Gasteiger partial charge in [-0.25, -0.2) is 0 Å². The molecule has 0 aromatic heterocycles. The van der Waals surface area contributed by atoms with Crippen LogP contribution in [-0.4, -0.2) is 42.1 Å². The van der Waals surface area contributed by atoms with Crippen LogP contribution in [0.15, 0.2) is 30.0 Å². The Balaban J connectivity index is 2.31. The van der Waals surface area contributed by atoms with Crippen molar-refractivity contribution in [3.63, 3.8) is 0 Å². The van der Waals surface area contributed by atoms with Crippen molar-refractivity contribution in [3.8, 4) is 5.75 Å². The van der Waals surface area contributed by atoms with Gasteiger partial charge in [-0.1, -0.05) is 26.8 Å². The van der Waals surface area contributed by atoms with Gasteiger partial charge in [-0.05, 0) is 23.1 Å². The van der Waals surface area contributed by atoms with E-state index in [1.54, 1.807) is 7.11 Å². The maximum Gasteiger partial charge on any atom is 0.277 e. The minimum atomic E-state index is -0.452. The van der Waals surface area contributed by atoms with Crippen molar-refractivity contribution in [1.29, 1.82) is 0 Å². The highest BCUT2D eigenvalue weighted by Gasteiger charge is 2.31. The van der Waals surface area contributed by atoms with E-state index in [1.807, 2.05) is 18.2 Å². The number of amides is 2. The van der Waals surface area contributed by atoms with E-state index in [0.29, 0.717) is 11.4 Å². The molecule has 124 valence electrons. The maximum atomic E-state index is 12.2. The summed E-state index contributed by atoms with van der Waals surface area (Å²) in [6.07, 6.45) is 1.24. The van der Waals surface area contributed by atoms with Gasteiger partial charge in [0.1, 0.15) is 11.4 Å². The van der Waals surface area contributed by atoms with Crippen LogP contribution in [-0.2, 0) is 15.0 Å². The monoisotopic (exact) mass is 318 g/mol. The second-order valence-corrected chi connectivity index (χ2v) is 6.37. The third kappa shape index (κ3) is 3.53. The molecule has 0 saturated carbocycles. The highest BCUT2D eigenvalue weighted by atomic mass is 16.5. The number of aliphatic hydroxyl groups excluding tert-OH is 1. The fourth-order valence-corrected chi connectivity index (χ4v) is 2.33. The number of carbonyl (C=O) groups excluding carboxylic acids is 2. The van der Waals surface area contributed by atoms with Gasteiger partial charge in [0.05, 0.1) is 25.9 Å². The SMILES string of the molecule is COc1ccc(C(C)(C)C)cc1NC1=CC(=O)N(CCO)C1=O. The van der Waals surface area contributed by atoms with Crippen LogP contribution in [0.25, 0.3) is 0 Å². The van der Waals surface area contributed by atoms with Gasteiger partial charge in [-0.3, -0.25) is 14.5 Å². The number of nitrogens with zero attached hydrogens (tertiary/aromatic N) is 1. The van der Waals surface area contributed by atoms with Gasteiger partial charge in [-0.2, -0.15) is 0 Å². The molecule has 0 bridgehead atoms. The Kier molecular flexibility index (Phi) is 4.75. The van der Waals surface area contributed by atoms with Crippen LogP contribution in [0.5, 0.6) is 5.75 Å². The van der Waals surface area contributed by atoms with E-state index in [1.165, 1.54) is 6.08 Å². The van der Waals surface area contributed by atoms with Crippen LogP contribution >= 0.6 is 0 Å². The molecule has 0 aliphatic carbocycles. The van der Waals surface area contributed by atoms with E-state index in [-0.39, 0.29) is 24.3 Å². The molecule has 1 aliphatic heterocycles. The van der Waals surface area contributed by atoms with Gasteiger partial charge in [0.2, 0.25) is 0 Å². The van der Waals surface area contributed by atoms with Crippen LogP contribution in [0.4, 0.5) is 5.69 Å². The topological polar surface area (TPSA) is 78.9 Å². The van der Waals surface area contributed by atoms with Crippen molar-refractivity contribution in [3.05, 3.63) is 35.5 Å². The Morgan fingerprint density at radius 2 is 1.96 bits per heavy atom. The fourth-order valence-electron chi connectivity index (χ4n) is 2.33. The standard InChI is InChI=1S/C17H22N2O4/c1-17(2,3)11-5-6-14(23-4)12(9-11)18-13-10-15(21)19(7-8-20)16(13)22/h5-6,9-10,18,20H,7-8H2,1-4H3. The van der Waals surface area contributed by atoms with Crippen molar-refractivity contribution in [2.75, 3.05) is 25.6 Å². The first-order valence-corrected chi connectivity index (χ1v) is 7.42. The molecule has 0 radical (unpaired) electrons. The molecule has 23 heavy (non-hydrogen) atoms. The number of imide groups is 1. The first-order chi connectivity index (χ1) is 10.8. The summed E-state index contributed by atoms with van der Waals surface area (Å²) >= 11 is 0. The number of nitrogens with one attached hydrogen (secondary N) is 1. The third-order valence-electron chi connectivity index (χ3n) is 3.67. The van der Waals surface area contributed by atoms with Crippen LogP contribution in [0, 0.1) is 0 Å². The fraction of sp³-hybridized carbons (Fsp3) is 0.412. The molecule has 6 heteroatoms. The van der Waals surface area contributed by atoms with E-state index in [2.05, 4.69) is 26.1 Å². The normalized spacial score (nSPS) is 15.0. The summed E-state index contributed by atoms with van der Waals surface area (Å²) in [7, 11) is 1.55. The number of carbonyl (C=O) groups is 2. The van der Waals surface area contributed by atoms with Gasteiger partial charge >= 0.3 is 0 Å². The lowest BCUT2D eigenvalue weighted by Crippen LogP contribution is -2.34. The number of hydrogen-bond acceptors (Lipinski definition) is 5. The van der Waals surface area contributed by atoms with Gasteiger partial charge in [0, 0.05) is 6.08 Å². The second-order valence-electron chi connectivity index (χ2n) is 6.37. The third-order valence-corrected chi connectivity index (χ3v) is 3.67. The van der Waals surface area contributed by atoms with Crippen molar-refractivity contribution in [2.24, 2.45) is 0 Å². The molecule has 2 rings (SSSR count). The molecular weight excluding hydrogens is 296 g/mol. The quantitative estimate of drug-likeness (QED) is 0.807. The summed E-state index contributed by atoms with van der Waals surface area (Å²) in [5, 5.41) is 11.9. The predicted molar refractivity (Wildman–Crippen MR) is 87.2 cm³/mol. The number of benzene rings is 1. The zero-order valence-electron chi connectivity index (χ0n) is 13.8. The van der Waals surface area contributed by atoms with Gasteiger partial charge in [0.25, 0.3) is 11.8 Å². The lowest BCUT2D eigenvalue weighted by Gasteiger charge is -2.21. The number of hydrogen-bond donors (Lipinski definition) is 2. The van der Waals surface area contributed by atoms with Crippen LogP contribution in [0.3, 0.4) is 0 Å². The summed E-state index contributed by atoms with van der Waals surface area (Å²) < 4.78 is 5.32. The second kappa shape index (κ2) is 6.42. The Morgan fingerprint density at radius 3 is 2.52 bits per heavy atom. The van der Waals surface area contributed by atoms with Crippen LogP contribution in [0.1, 0.15) is 26.3 Å². The molecule has 0 fully saturated rings. The molecule has 0 saturated heterocycles. The minimum Gasteiger partial charge on any atom is -0.495 e.